The van der Waals surface area contributed by atoms with Crippen LogP contribution in [0.3, 0.4) is 0 Å². The van der Waals surface area contributed by atoms with Gasteiger partial charge in [-0.1, -0.05) is 12.2 Å². The van der Waals surface area contributed by atoms with E-state index in [0.29, 0.717) is 43.5 Å². The second kappa shape index (κ2) is 11.5. The van der Waals surface area contributed by atoms with E-state index in [9.17, 15) is 19.5 Å². The van der Waals surface area contributed by atoms with Crippen molar-refractivity contribution in [3.63, 3.8) is 0 Å². The van der Waals surface area contributed by atoms with Crippen molar-refractivity contribution >= 4 is 23.5 Å². The van der Waals surface area contributed by atoms with E-state index in [1.54, 1.807) is 53.3 Å². The van der Waals surface area contributed by atoms with Crippen molar-refractivity contribution in [2.24, 2.45) is 11.8 Å². The standard InChI is InChI=1S/C28H36N2O7/c1-4-6-18-36-27(34)22-21-13-14-28(37-21)23(22)25(32)30(16-7-8-17-31)24(28)26(33)29(15-5-2)19-9-11-20(35-3)12-10-19/h4-5,9-12,21-24,31H,1-2,6-8,13-18H2,3H3/t21-,22+,23-,24?,28?/m0/s1. The van der Waals surface area contributed by atoms with Crippen LogP contribution in [-0.4, -0.2) is 79.0 Å². The van der Waals surface area contributed by atoms with Gasteiger partial charge in [0, 0.05) is 25.4 Å². The molecule has 3 aliphatic heterocycles. The summed E-state index contributed by atoms with van der Waals surface area (Å²) >= 11 is 0. The van der Waals surface area contributed by atoms with Gasteiger partial charge in [0.15, 0.2) is 0 Å². The molecule has 3 saturated heterocycles. The highest BCUT2D eigenvalue weighted by Gasteiger charge is 2.75. The molecule has 9 heteroatoms. The smallest absolute Gasteiger partial charge is 0.312 e. The van der Waals surface area contributed by atoms with Crippen LogP contribution in [0.25, 0.3) is 0 Å². The number of ether oxygens (including phenoxy) is 3. The highest BCUT2D eigenvalue weighted by Crippen LogP contribution is 2.59. The van der Waals surface area contributed by atoms with Crippen LogP contribution < -0.4 is 9.64 Å². The van der Waals surface area contributed by atoms with Gasteiger partial charge < -0.3 is 29.1 Å². The largest absolute Gasteiger partial charge is 0.497 e. The van der Waals surface area contributed by atoms with Crippen LogP contribution in [0, 0.1) is 11.8 Å². The lowest BCUT2D eigenvalue weighted by Crippen LogP contribution is -2.56. The lowest BCUT2D eigenvalue weighted by Gasteiger charge is -2.36. The van der Waals surface area contributed by atoms with E-state index in [4.69, 9.17) is 14.2 Å². The number of nitrogens with zero attached hydrogens (tertiary/aromatic N) is 2. The number of anilines is 1. The molecule has 200 valence electrons. The second-order valence-corrected chi connectivity index (χ2v) is 9.70. The summed E-state index contributed by atoms with van der Waals surface area (Å²) in [6, 6.07) is 6.21. The molecule has 1 aromatic carbocycles. The summed E-state index contributed by atoms with van der Waals surface area (Å²) in [5.41, 5.74) is -0.465. The molecular weight excluding hydrogens is 476 g/mol. The Kier molecular flexibility index (Phi) is 8.34. The number of fused-ring (bicyclic) bond motifs is 1. The summed E-state index contributed by atoms with van der Waals surface area (Å²) in [5, 5.41) is 9.32. The fourth-order valence-electron chi connectivity index (χ4n) is 6.04. The average molecular weight is 513 g/mol. The number of methoxy groups -OCH3 is 1. The Bertz CT molecular complexity index is 1030. The number of rotatable bonds is 13. The van der Waals surface area contributed by atoms with E-state index in [1.807, 2.05) is 0 Å². The Morgan fingerprint density at radius 1 is 1.24 bits per heavy atom. The topological polar surface area (TPSA) is 106 Å². The first kappa shape index (κ1) is 26.9. The Balaban J connectivity index is 1.69. The summed E-state index contributed by atoms with van der Waals surface area (Å²) in [6.07, 6.45) is 5.44. The lowest BCUT2D eigenvalue weighted by molar-refractivity contribution is -0.155. The Labute approximate surface area is 217 Å². The maximum absolute atomic E-state index is 14.3. The molecule has 1 spiro atoms. The molecule has 3 aliphatic rings. The number of carbonyl (C=O) groups is 3. The first-order chi connectivity index (χ1) is 17.9. The molecular formula is C28H36N2O7. The summed E-state index contributed by atoms with van der Waals surface area (Å²) < 4.78 is 17.2. The maximum Gasteiger partial charge on any atom is 0.312 e. The van der Waals surface area contributed by atoms with Gasteiger partial charge in [-0.15, -0.1) is 13.2 Å². The molecule has 5 atom stereocenters. The number of hydrogen-bond acceptors (Lipinski definition) is 7. The number of esters is 1. The number of unbranched alkanes of at least 4 members (excludes halogenated alkanes) is 1. The molecule has 2 unspecified atom stereocenters. The number of benzene rings is 1. The lowest BCUT2D eigenvalue weighted by atomic mass is 9.70. The number of aliphatic hydroxyl groups is 1. The van der Waals surface area contributed by atoms with Gasteiger partial charge in [0.05, 0.1) is 31.7 Å². The molecule has 1 aromatic rings. The van der Waals surface area contributed by atoms with Gasteiger partial charge in [-0.25, -0.2) is 0 Å². The van der Waals surface area contributed by atoms with Crippen molar-refractivity contribution in [3.8, 4) is 5.75 Å². The highest BCUT2D eigenvalue weighted by atomic mass is 16.6. The van der Waals surface area contributed by atoms with Crippen LogP contribution in [0.4, 0.5) is 5.69 Å². The van der Waals surface area contributed by atoms with E-state index in [1.165, 1.54) is 0 Å². The number of aliphatic hydroxyl groups excluding tert-OH is 1. The molecule has 2 bridgehead atoms. The fourth-order valence-corrected chi connectivity index (χ4v) is 6.04. The molecule has 0 aliphatic carbocycles. The number of hydrogen-bond donors (Lipinski definition) is 1. The molecule has 3 fully saturated rings. The van der Waals surface area contributed by atoms with Crippen molar-refractivity contribution in [2.75, 3.05) is 38.3 Å². The minimum Gasteiger partial charge on any atom is -0.497 e. The summed E-state index contributed by atoms with van der Waals surface area (Å²) in [6.45, 7) is 8.16. The molecule has 0 radical (unpaired) electrons. The SMILES string of the molecule is C=CCCOC(=O)[C@@H]1[C@@H]2CCC3(O2)C(C(=O)N(CC=C)c2ccc(OC)cc2)N(CCCCO)C(=O)[C@H]13. The Hall–Kier alpha value is -3.17. The average Bonchev–Trinajstić information content (AvgIpc) is 3.55. The van der Waals surface area contributed by atoms with Crippen LogP contribution in [0.5, 0.6) is 5.75 Å². The van der Waals surface area contributed by atoms with Crippen molar-refractivity contribution in [1.29, 1.82) is 0 Å². The van der Waals surface area contributed by atoms with Gasteiger partial charge in [-0.2, -0.15) is 0 Å². The van der Waals surface area contributed by atoms with Crippen molar-refractivity contribution in [3.05, 3.63) is 49.6 Å². The third kappa shape index (κ3) is 4.78. The van der Waals surface area contributed by atoms with Crippen LogP contribution in [0.1, 0.15) is 32.1 Å². The first-order valence-corrected chi connectivity index (χ1v) is 12.9. The monoisotopic (exact) mass is 512 g/mol. The summed E-state index contributed by atoms with van der Waals surface area (Å²) in [5.74, 6) is -1.90. The molecule has 2 amide bonds. The van der Waals surface area contributed by atoms with Gasteiger partial charge in [0.2, 0.25) is 5.91 Å². The van der Waals surface area contributed by atoms with Crippen LogP contribution in [0.2, 0.25) is 0 Å². The van der Waals surface area contributed by atoms with E-state index in [-0.39, 0.29) is 38.1 Å². The van der Waals surface area contributed by atoms with Gasteiger partial charge in [0.25, 0.3) is 5.91 Å². The summed E-state index contributed by atoms with van der Waals surface area (Å²) in [4.78, 5) is 44.4. The zero-order chi connectivity index (χ0) is 26.6. The minimum absolute atomic E-state index is 0.0134. The van der Waals surface area contributed by atoms with Gasteiger partial charge in [0.1, 0.15) is 17.4 Å². The molecule has 1 N–H and O–H groups in total. The van der Waals surface area contributed by atoms with Crippen molar-refractivity contribution in [1.82, 2.24) is 4.90 Å². The van der Waals surface area contributed by atoms with Crippen LogP contribution >= 0.6 is 0 Å². The van der Waals surface area contributed by atoms with Crippen molar-refractivity contribution < 1.29 is 33.7 Å². The molecule has 0 aromatic heterocycles. The number of likely N-dealkylation sites (tertiary alicyclic amines) is 1. The van der Waals surface area contributed by atoms with E-state index < -0.39 is 35.6 Å². The maximum atomic E-state index is 14.3. The van der Waals surface area contributed by atoms with Gasteiger partial charge >= 0.3 is 5.97 Å². The summed E-state index contributed by atoms with van der Waals surface area (Å²) in [7, 11) is 1.57. The third-order valence-corrected chi connectivity index (χ3v) is 7.64. The van der Waals surface area contributed by atoms with Crippen molar-refractivity contribution in [2.45, 2.75) is 49.9 Å². The number of carbonyl (C=O) groups excluding carboxylic acids is 3. The zero-order valence-corrected chi connectivity index (χ0v) is 21.3. The molecule has 4 rings (SSSR count). The molecule has 3 heterocycles. The van der Waals surface area contributed by atoms with Gasteiger partial charge in [-0.3, -0.25) is 14.4 Å². The first-order valence-electron chi connectivity index (χ1n) is 12.9. The normalized spacial score (nSPS) is 27.6. The minimum atomic E-state index is -1.11. The second-order valence-electron chi connectivity index (χ2n) is 9.70. The predicted octanol–water partition coefficient (Wildman–Crippen LogP) is 2.48. The van der Waals surface area contributed by atoms with Crippen LogP contribution in [-0.2, 0) is 23.9 Å². The third-order valence-electron chi connectivity index (χ3n) is 7.64. The zero-order valence-electron chi connectivity index (χ0n) is 21.3. The quantitative estimate of drug-likeness (QED) is 0.246. The van der Waals surface area contributed by atoms with E-state index in [0.717, 1.165) is 0 Å². The predicted molar refractivity (Wildman–Crippen MR) is 137 cm³/mol. The highest BCUT2D eigenvalue weighted by molar-refractivity contribution is 6.04. The molecule has 37 heavy (non-hydrogen) atoms. The van der Waals surface area contributed by atoms with E-state index >= 15 is 0 Å². The Morgan fingerprint density at radius 3 is 2.65 bits per heavy atom. The molecule has 9 nitrogen and oxygen atoms in total. The number of amides is 2. The molecule has 0 saturated carbocycles. The Morgan fingerprint density at radius 2 is 2.00 bits per heavy atom. The van der Waals surface area contributed by atoms with Gasteiger partial charge in [-0.05, 0) is 56.4 Å². The van der Waals surface area contributed by atoms with E-state index in [2.05, 4.69) is 13.2 Å². The van der Waals surface area contributed by atoms with Crippen LogP contribution in [0.15, 0.2) is 49.6 Å². The fraction of sp³-hybridized carbons (Fsp3) is 0.536.